The lowest BCUT2D eigenvalue weighted by molar-refractivity contribution is -0.128. The summed E-state index contributed by atoms with van der Waals surface area (Å²) >= 11 is 5.84. The lowest BCUT2D eigenvalue weighted by atomic mass is 10.0. The normalized spacial score (nSPS) is 20.4. The predicted octanol–water partition coefficient (Wildman–Crippen LogP) is 0.858. The van der Waals surface area contributed by atoms with Crippen molar-refractivity contribution in [3.63, 3.8) is 0 Å². The molecule has 2 aromatic heterocycles. The molecule has 0 aliphatic carbocycles. The molecule has 0 bridgehead atoms. The first-order valence-electron chi connectivity index (χ1n) is 7.78. The van der Waals surface area contributed by atoms with Gasteiger partial charge in [0.1, 0.15) is 5.82 Å². The average Bonchev–Trinajstić information content (AvgIpc) is 3.13. The van der Waals surface area contributed by atoms with Crippen molar-refractivity contribution >= 4 is 23.3 Å². The van der Waals surface area contributed by atoms with Gasteiger partial charge in [-0.1, -0.05) is 11.6 Å². The molecule has 3 heterocycles. The first-order valence-corrected chi connectivity index (χ1v) is 8.15. The van der Waals surface area contributed by atoms with Gasteiger partial charge in [0.2, 0.25) is 5.91 Å². The summed E-state index contributed by atoms with van der Waals surface area (Å²) in [4.78, 5) is 24.8. The SMILES string of the molecule is CN(CC(=O)N1C[C@@H](N)[C@H](c2cn(C)cn2)C1)c1ccc(Cl)cn1. The van der Waals surface area contributed by atoms with Gasteiger partial charge in [0.25, 0.3) is 0 Å². The summed E-state index contributed by atoms with van der Waals surface area (Å²) in [6, 6.07) is 3.46. The Morgan fingerprint density at radius 3 is 2.83 bits per heavy atom. The molecule has 2 aromatic rings. The number of pyridine rings is 1. The van der Waals surface area contributed by atoms with E-state index in [1.54, 1.807) is 34.5 Å². The zero-order valence-electron chi connectivity index (χ0n) is 13.8. The minimum atomic E-state index is -0.0946. The molecule has 0 spiro atoms. The van der Waals surface area contributed by atoms with E-state index in [1.807, 2.05) is 24.9 Å². The number of carbonyl (C=O) groups is 1. The molecule has 0 aromatic carbocycles. The number of amides is 1. The van der Waals surface area contributed by atoms with Crippen LogP contribution in [0.4, 0.5) is 5.82 Å². The van der Waals surface area contributed by atoms with Gasteiger partial charge in [-0.25, -0.2) is 9.97 Å². The number of carbonyl (C=O) groups excluding carboxylic acids is 1. The van der Waals surface area contributed by atoms with Gasteiger partial charge in [0.05, 0.1) is 23.6 Å². The number of anilines is 1. The summed E-state index contributed by atoms with van der Waals surface area (Å²) < 4.78 is 1.90. The largest absolute Gasteiger partial charge is 0.350 e. The zero-order chi connectivity index (χ0) is 17.3. The van der Waals surface area contributed by atoms with Crippen molar-refractivity contribution in [3.05, 3.63) is 41.6 Å². The van der Waals surface area contributed by atoms with Crippen LogP contribution in [-0.4, -0.2) is 58.1 Å². The van der Waals surface area contributed by atoms with E-state index >= 15 is 0 Å². The third kappa shape index (κ3) is 3.52. The number of rotatable bonds is 4. The maximum Gasteiger partial charge on any atom is 0.242 e. The van der Waals surface area contributed by atoms with Crippen LogP contribution in [0.25, 0.3) is 0 Å². The van der Waals surface area contributed by atoms with Crippen molar-refractivity contribution in [1.82, 2.24) is 19.4 Å². The van der Waals surface area contributed by atoms with Gasteiger partial charge in [-0.15, -0.1) is 0 Å². The quantitative estimate of drug-likeness (QED) is 0.886. The van der Waals surface area contributed by atoms with Crippen LogP contribution in [0, 0.1) is 0 Å². The number of imidazole rings is 1. The van der Waals surface area contributed by atoms with Crippen LogP contribution < -0.4 is 10.6 Å². The number of likely N-dealkylation sites (N-methyl/N-ethyl adjacent to an activating group) is 1. The van der Waals surface area contributed by atoms with Gasteiger partial charge in [0.15, 0.2) is 0 Å². The standard InChI is InChI=1S/C16H21ClN6O/c1-21-8-14(20-10-21)12-6-23(7-13(12)18)16(24)9-22(2)15-4-3-11(17)5-19-15/h3-5,8,10,12-13H,6-7,9,18H2,1-2H3/t12-,13-/m1/s1. The molecule has 2 atom stereocenters. The Morgan fingerprint density at radius 2 is 2.21 bits per heavy atom. The third-order valence-corrected chi connectivity index (χ3v) is 4.52. The molecule has 128 valence electrons. The van der Waals surface area contributed by atoms with E-state index in [9.17, 15) is 4.79 Å². The van der Waals surface area contributed by atoms with Crippen LogP contribution in [0.3, 0.4) is 0 Å². The third-order valence-electron chi connectivity index (χ3n) is 4.30. The van der Waals surface area contributed by atoms with Crippen LogP contribution in [0.1, 0.15) is 11.6 Å². The molecule has 24 heavy (non-hydrogen) atoms. The molecule has 1 aliphatic rings. The Labute approximate surface area is 146 Å². The summed E-state index contributed by atoms with van der Waals surface area (Å²) in [6.07, 6.45) is 5.29. The summed E-state index contributed by atoms with van der Waals surface area (Å²) in [5.74, 6) is 0.815. The molecular weight excluding hydrogens is 328 g/mol. The van der Waals surface area contributed by atoms with Crippen molar-refractivity contribution < 1.29 is 4.79 Å². The molecule has 8 heteroatoms. The molecule has 1 amide bonds. The van der Waals surface area contributed by atoms with Crippen molar-refractivity contribution in [1.29, 1.82) is 0 Å². The van der Waals surface area contributed by atoms with E-state index < -0.39 is 0 Å². The molecule has 1 saturated heterocycles. The maximum absolute atomic E-state index is 12.6. The van der Waals surface area contributed by atoms with E-state index in [-0.39, 0.29) is 24.4 Å². The van der Waals surface area contributed by atoms with Gasteiger partial charge in [-0.3, -0.25) is 4.79 Å². The van der Waals surface area contributed by atoms with E-state index in [2.05, 4.69) is 9.97 Å². The van der Waals surface area contributed by atoms with Gasteiger partial charge < -0.3 is 20.1 Å². The number of aromatic nitrogens is 3. The highest BCUT2D eigenvalue weighted by Crippen LogP contribution is 2.25. The summed E-state index contributed by atoms with van der Waals surface area (Å²) in [6.45, 7) is 1.39. The second-order valence-electron chi connectivity index (χ2n) is 6.22. The van der Waals surface area contributed by atoms with Crippen LogP contribution in [0.5, 0.6) is 0 Å². The van der Waals surface area contributed by atoms with Crippen LogP contribution in [0.2, 0.25) is 5.02 Å². The highest BCUT2D eigenvalue weighted by Gasteiger charge is 2.35. The van der Waals surface area contributed by atoms with E-state index in [0.29, 0.717) is 23.9 Å². The van der Waals surface area contributed by atoms with E-state index in [0.717, 1.165) is 5.69 Å². The Bertz CT molecular complexity index is 716. The minimum Gasteiger partial charge on any atom is -0.350 e. The number of aryl methyl sites for hydroxylation is 1. The van der Waals surface area contributed by atoms with Crippen LogP contribution >= 0.6 is 11.6 Å². The molecular formula is C16H21ClN6O. The molecule has 0 radical (unpaired) electrons. The maximum atomic E-state index is 12.6. The van der Waals surface area contributed by atoms with Crippen LogP contribution in [0.15, 0.2) is 30.9 Å². The monoisotopic (exact) mass is 348 g/mol. The van der Waals surface area contributed by atoms with Gasteiger partial charge in [-0.2, -0.15) is 0 Å². The highest BCUT2D eigenvalue weighted by molar-refractivity contribution is 6.30. The molecule has 2 N–H and O–H groups in total. The molecule has 1 fully saturated rings. The molecule has 7 nitrogen and oxygen atoms in total. The fourth-order valence-corrected chi connectivity index (χ4v) is 3.06. The van der Waals surface area contributed by atoms with Crippen molar-refractivity contribution in [3.8, 4) is 0 Å². The second-order valence-corrected chi connectivity index (χ2v) is 6.66. The Balaban J connectivity index is 1.62. The Morgan fingerprint density at radius 1 is 1.42 bits per heavy atom. The number of hydrogen-bond acceptors (Lipinski definition) is 5. The molecule has 0 saturated carbocycles. The van der Waals surface area contributed by atoms with Gasteiger partial charge >= 0.3 is 0 Å². The Hall–Kier alpha value is -2.12. The second kappa shape index (κ2) is 6.78. The smallest absolute Gasteiger partial charge is 0.242 e. The summed E-state index contributed by atoms with van der Waals surface area (Å²) in [5, 5.41) is 0.571. The number of nitrogens with zero attached hydrogens (tertiary/aromatic N) is 5. The Kier molecular flexibility index (Phi) is 4.73. The highest BCUT2D eigenvalue weighted by atomic mass is 35.5. The minimum absolute atomic E-state index is 0.0307. The number of hydrogen-bond donors (Lipinski definition) is 1. The van der Waals surface area contributed by atoms with Gasteiger partial charge in [0, 0.05) is 51.5 Å². The average molecular weight is 349 g/mol. The van der Waals surface area contributed by atoms with Crippen molar-refractivity contribution in [2.45, 2.75) is 12.0 Å². The van der Waals surface area contributed by atoms with E-state index in [4.69, 9.17) is 17.3 Å². The lowest BCUT2D eigenvalue weighted by Gasteiger charge is -2.22. The first-order chi connectivity index (χ1) is 11.4. The number of likely N-dealkylation sites (tertiary alicyclic amines) is 1. The van der Waals surface area contributed by atoms with Crippen molar-refractivity contribution in [2.24, 2.45) is 12.8 Å². The van der Waals surface area contributed by atoms with Crippen molar-refractivity contribution in [2.75, 3.05) is 31.6 Å². The van der Waals surface area contributed by atoms with E-state index in [1.165, 1.54) is 0 Å². The summed E-state index contributed by atoms with van der Waals surface area (Å²) in [5.41, 5.74) is 7.16. The topological polar surface area (TPSA) is 80.3 Å². The van der Waals surface area contributed by atoms with Gasteiger partial charge in [-0.05, 0) is 12.1 Å². The lowest BCUT2D eigenvalue weighted by Crippen LogP contribution is -2.39. The fraction of sp³-hybridized carbons (Fsp3) is 0.438. The zero-order valence-corrected chi connectivity index (χ0v) is 14.5. The summed E-state index contributed by atoms with van der Waals surface area (Å²) in [7, 11) is 3.76. The molecule has 3 rings (SSSR count). The molecule has 1 aliphatic heterocycles. The fourth-order valence-electron chi connectivity index (χ4n) is 2.95. The van der Waals surface area contributed by atoms with Crippen LogP contribution in [-0.2, 0) is 11.8 Å². The first kappa shape index (κ1) is 16.7. The number of nitrogens with two attached hydrogens (primary N) is 1. The number of halogens is 1. The molecule has 0 unspecified atom stereocenters. The predicted molar refractivity (Wildman–Crippen MR) is 93.0 cm³/mol.